The molecule has 68 valence electrons. The molecular formula is C11H13NO. The maximum atomic E-state index is 4.93. The summed E-state index contributed by atoms with van der Waals surface area (Å²) in [5.41, 5.74) is 2.57. The number of aryl methyl sites for hydroxylation is 1. The molecule has 2 heteroatoms. The standard InChI is InChI=1S/C11H13NO/c1-2-4-10(5-3-1)6-7-11-8-9-13-12-11/h1-5H,6-9H2. The molecule has 0 fully saturated rings. The number of hydrogen-bond donors (Lipinski definition) is 0. The van der Waals surface area contributed by atoms with E-state index in [-0.39, 0.29) is 0 Å². The predicted molar refractivity (Wildman–Crippen MR) is 52.8 cm³/mol. The highest BCUT2D eigenvalue weighted by atomic mass is 16.6. The fraction of sp³-hybridized carbons (Fsp3) is 0.364. The van der Waals surface area contributed by atoms with Crippen LogP contribution in [0.3, 0.4) is 0 Å². The van der Waals surface area contributed by atoms with Crippen molar-refractivity contribution in [2.24, 2.45) is 5.16 Å². The molecule has 0 unspecified atom stereocenters. The third-order valence-electron chi connectivity index (χ3n) is 2.22. The Morgan fingerprint density at radius 2 is 2.00 bits per heavy atom. The second kappa shape index (κ2) is 4.08. The van der Waals surface area contributed by atoms with Crippen LogP contribution in [0.2, 0.25) is 0 Å². The average Bonchev–Trinajstić information content (AvgIpc) is 2.69. The van der Waals surface area contributed by atoms with Gasteiger partial charge in [-0.3, -0.25) is 0 Å². The van der Waals surface area contributed by atoms with Crippen LogP contribution in [-0.4, -0.2) is 12.3 Å². The zero-order chi connectivity index (χ0) is 8.93. The van der Waals surface area contributed by atoms with Crippen LogP contribution in [0.4, 0.5) is 0 Å². The quantitative estimate of drug-likeness (QED) is 0.691. The second-order valence-corrected chi connectivity index (χ2v) is 3.23. The molecule has 1 aromatic carbocycles. The SMILES string of the molecule is c1ccc(CCC2=NOCC2)cc1. The summed E-state index contributed by atoms with van der Waals surface area (Å²) in [5, 5.41) is 3.97. The molecule has 2 rings (SSSR count). The normalized spacial score (nSPS) is 15.2. The van der Waals surface area contributed by atoms with Gasteiger partial charge in [0.15, 0.2) is 0 Å². The topological polar surface area (TPSA) is 21.6 Å². The number of rotatable bonds is 3. The summed E-state index contributed by atoms with van der Waals surface area (Å²) < 4.78 is 0. The first-order valence-electron chi connectivity index (χ1n) is 4.67. The van der Waals surface area contributed by atoms with E-state index in [1.807, 2.05) is 6.07 Å². The Labute approximate surface area is 78.2 Å². The molecule has 13 heavy (non-hydrogen) atoms. The molecule has 0 N–H and O–H groups in total. The molecule has 1 heterocycles. The smallest absolute Gasteiger partial charge is 0.122 e. The van der Waals surface area contributed by atoms with E-state index >= 15 is 0 Å². The van der Waals surface area contributed by atoms with Gasteiger partial charge in [0.2, 0.25) is 0 Å². The lowest BCUT2D eigenvalue weighted by atomic mass is 10.1. The van der Waals surface area contributed by atoms with Crippen molar-refractivity contribution < 1.29 is 4.84 Å². The fourth-order valence-electron chi connectivity index (χ4n) is 1.45. The third-order valence-corrected chi connectivity index (χ3v) is 2.22. The van der Waals surface area contributed by atoms with Gasteiger partial charge in [-0.25, -0.2) is 0 Å². The molecular weight excluding hydrogens is 162 g/mol. The molecule has 1 aliphatic rings. The lowest BCUT2D eigenvalue weighted by Crippen LogP contribution is -1.97. The van der Waals surface area contributed by atoms with Gasteiger partial charge in [-0.15, -0.1) is 0 Å². The second-order valence-electron chi connectivity index (χ2n) is 3.23. The number of oxime groups is 1. The van der Waals surface area contributed by atoms with Crippen molar-refractivity contribution in [1.29, 1.82) is 0 Å². The Kier molecular flexibility index (Phi) is 2.60. The molecule has 0 atom stereocenters. The number of benzene rings is 1. The number of hydrogen-bond acceptors (Lipinski definition) is 2. The molecule has 2 nitrogen and oxygen atoms in total. The van der Waals surface area contributed by atoms with Crippen LogP contribution < -0.4 is 0 Å². The van der Waals surface area contributed by atoms with Gasteiger partial charge in [0.1, 0.15) is 6.61 Å². The van der Waals surface area contributed by atoms with Crippen molar-refractivity contribution in [3.8, 4) is 0 Å². The number of nitrogens with zero attached hydrogens (tertiary/aromatic N) is 1. The molecule has 0 radical (unpaired) electrons. The van der Waals surface area contributed by atoms with E-state index in [2.05, 4.69) is 29.4 Å². The fourth-order valence-corrected chi connectivity index (χ4v) is 1.45. The summed E-state index contributed by atoms with van der Waals surface area (Å²) >= 11 is 0. The van der Waals surface area contributed by atoms with Gasteiger partial charge in [0.05, 0.1) is 5.71 Å². The first-order chi connectivity index (χ1) is 6.45. The predicted octanol–water partition coefficient (Wildman–Crippen LogP) is 2.40. The Morgan fingerprint density at radius 3 is 2.69 bits per heavy atom. The van der Waals surface area contributed by atoms with Crippen molar-refractivity contribution in [1.82, 2.24) is 0 Å². The van der Waals surface area contributed by atoms with E-state index in [1.165, 1.54) is 11.3 Å². The van der Waals surface area contributed by atoms with Crippen LogP contribution in [0.5, 0.6) is 0 Å². The summed E-state index contributed by atoms with van der Waals surface area (Å²) in [4.78, 5) is 4.93. The Morgan fingerprint density at radius 1 is 1.15 bits per heavy atom. The molecule has 0 aromatic heterocycles. The van der Waals surface area contributed by atoms with E-state index < -0.39 is 0 Å². The highest BCUT2D eigenvalue weighted by Gasteiger charge is 2.07. The van der Waals surface area contributed by atoms with Crippen LogP contribution >= 0.6 is 0 Å². The molecule has 1 aliphatic heterocycles. The zero-order valence-electron chi connectivity index (χ0n) is 7.57. The molecule has 0 aliphatic carbocycles. The molecule has 0 bridgehead atoms. The van der Waals surface area contributed by atoms with Crippen LogP contribution in [-0.2, 0) is 11.3 Å². The summed E-state index contributed by atoms with van der Waals surface area (Å²) in [5.74, 6) is 0. The Bertz CT molecular complexity index is 292. The van der Waals surface area contributed by atoms with Gasteiger partial charge in [-0.1, -0.05) is 35.5 Å². The first kappa shape index (κ1) is 8.30. The average molecular weight is 175 g/mol. The molecule has 0 saturated carbocycles. The Balaban J connectivity index is 1.86. The van der Waals surface area contributed by atoms with E-state index in [9.17, 15) is 0 Å². The Hall–Kier alpha value is -1.31. The van der Waals surface area contributed by atoms with Gasteiger partial charge in [-0.05, 0) is 18.4 Å². The molecule has 0 amide bonds. The molecule has 0 saturated heterocycles. The van der Waals surface area contributed by atoms with Crippen molar-refractivity contribution in [3.63, 3.8) is 0 Å². The molecule has 0 spiro atoms. The van der Waals surface area contributed by atoms with Gasteiger partial charge in [0, 0.05) is 6.42 Å². The summed E-state index contributed by atoms with van der Waals surface area (Å²) in [6.45, 7) is 0.768. The van der Waals surface area contributed by atoms with Crippen molar-refractivity contribution >= 4 is 5.71 Å². The lowest BCUT2D eigenvalue weighted by molar-refractivity contribution is 0.173. The molecule has 1 aromatic rings. The highest BCUT2D eigenvalue weighted by Crippen LogP contribution is 2.08. The third kappa shape index (κ3) is 2.31. The monoisotopic (exact) mass is 175 g/mol. The minimum atomic E-state index is 0.768. The zero-order valence-corrected chi connectivity index (χ0v) is 7.57. The van der Waals surface area contributed by atoms with Gasteiger partial charge >= 0.3 is 0 Å². The largest absolute Gasteiger partial charge is 0.395 e. The minimum Gasteiger partial charge on any atom is -0.395 e. The maximum Gasteiger partial charge on any atom is 0.122 e. The summed E-state index contributed by atoms with van der Waals surface area (Å²) in [6, 6.07) is 10.5. The van der Waals surface area contributed by atoms with Crippen molar-refractivity contribution in [2.75, 3.05) is 6.61 Å². The first-order valence-corrected chi connectivity index (χ1v) is 4.67. The van der Waals surface area contributed by atoms with E-state index in [0.29, 0.717) is 0 Å². The van der Waals surface area contributed by atoms with Crippen LogP contribution in [0, 0.1) is 0 Å². The van der Waals surface area contributed by atoms with E-state index in [4.69, 9.17) is 4.84 Å². The van der Waals surface area contributed by atoms with Crippen molar-refractivity contribution in [3.05, 3.63) is 35.9 Å². The summed E-state index contributed by atoms with van der Waals surface area (Å²) in [7, 11) is 0. The van der Waals surface area contributed by atoms with Crippen LogP contribution in [0.15, 0.2) is 35.5 Å². The van der Waals surface area contributed by atoms with Crippen molar-refractivity contribution in [2.45, 2.75) is 19.3 Å². The lowest BCUT2D eigenvalue weighted by Gasteiger charge is -1.98. The van der Waals surface area contributed by atoms with Crippen LogP contribution in [0.25, 0.3) is 0 Å². The van der Waals surface area contributed by atoms with E-state index in [1.54, 1.807) is 0 Å². The van der Waals surface area contributed by atoms with Gasteiger partial charge in [-0.2, -0.15) is 0 Å². The maximum absolute atomic E-state index is 4.93. The minimum absolute atomic E-state index is 0.768. The van der Waals surface area contributed by atoms with Gasteiger partial charge < -0.3 is 4.84 Å². The van der Waals surface area contributed by atoms with Crippen LogP contribution in [0.1, 0.15) is 18.4 Å². The van der Waals surface area contributed by atoms with E-state index in [0.717, 1.165) is 25.9 Å². The summed E-state index contributed by atoms with van der Waals surface area (Å²) in [6.07, 6.45) is 3.11. The van der Waals surface area contributed by atoms with Gasteiger partial charge in [0.25, 0.3) is 0 Å². The highest BCUT2D eigenvalue weighted by molar-refractivity contribution is 5.85.